The zero-order valence-corrected chi connectivity index (χ0v) is 15.3. The van der Waals surface area contributed by atoms with Crippen molar-refractivity contribution in [3.05, 3.63) is 58.0 Å². The summed E-state index contributed by atoms with van der Waals surface area (Å²) in [6.07, 6.45) is 7.51. The summed E-state index contributed by atoms with van der Waals surface area (Å²) >= 11 is 0. The van der Waals surface area contributed by atoms with Gasteiger partial charge in [-0.3, -0.25) is 4.90 Å². The van der Waals surface area contributed by atoms with Crippen molar-refractivity contribution in [3.8, 4) is 0 Å². The number of allylic oxidation sites excluding steroid dienone is 3. The Morgan fingerprint density at radius 2 is 2.20 bits per heavy atom. The fourth-order valence-electron chi connectivity index (χ4n) is 4.30. The van der Waals surface area contributed by atoms with Gasteiger partial charge in [0.25, 0.3) is 0 Å². The van der Waals surface area contributed by atoms with E-state index in [1.54, 1.807) is 13.2 Å². The molecule has 1 N–H and O–H groups in total. The number of methoxy groups -OCH3 is 1. The quantitative estimate of drug-likeness (QED) is 0.882. The molecule has 0 saturated carbocycles. The maximum atomic E-state index is 10.1. The van der Waals surface area contributed by atoms with Crippen LogP contribution >= 0.6 is 0 Å². The Morgan fingerprint density at radius 1 is 1.36 bits per heavy atom. The molecule has 1 aliphatic carbocycles. The van der Waals surface area contributed by atoms with Crippen molar-refractivity contribution < 1.29 is 14.3 Å². The molecule has 0 radical (unpaired) electrons. The maximum Gasteiger partial charge on any atom is 0.153 e. The SMILES string of the molecule is COC1=C(O)C=CC2=C(C1)CN1CCc3oc(CC(C)C)cc3[C@@H]1C2. The van der Waals surface area contributed by atoms with Gasteiger partial charge in [-0.05, 0) is 35.6 Å². The van der Waals surface area contributed by atoms with Crippen LogP contribution in [0.15, 0.2) is 45.3 Å². The molecule has 0 saturated heterocycles. The van der Waals surface area contributed by atoms with Gasteiger partial charge < -0.3 is 14.3 Å². The second kappa shape index (κ2) is 6.41. The van der Waals surface area contributed by atoms with E-state index >= 15 is 0 Å². The first-order valence-corrected chi connectivity index (χ1v) is 9.25. The smallest absolute Gasteiger partial charge is 0.153 e. The van der Waals surface area contributed by atoms with Crippen LogP contribution in [0.4, 0.5) is 0 Å². The molecule has 0 spiro atoms. The van der Waals surface area contributed by atoms with E-state index < -0.39 is 0 Å². The summed E-state index contributed by atoms with van der Waals surface area (Å²) in [5.41, 5.74) is 4.07. The predicted octanol–water partition coefficient (Wildman–Crippen LogP) is 4.45. The Bertz CT molecular complexity index is 766. The molecule has 3 heterocycles. The number of furan rings is 1. The van der Waals surface area contributed by atoms with Gasteiger partial charge in [-0.25, -0.2) is 0 Å². The van der Waals surface area contributed by atoms with Crippen LogP contribution in [0.3, 0.4) is 0 Å². The average Bonchev–Trinajstić information content (AvgIpc) is 2.91. The molecule has 0 unspecified atom stereocenters. The van der Waals surface area contributed by atoms with Gasteiger partial charge in [0.05, 0.1) is 7.11 Å². The molecular formula is C21H27NO3. The Labute approximate surface area is 149 Å². The van der Waals surface area contributed by atoms with Crippen LogP contribution in [-0.2, 0) is 17.6 Å². The van der Waals surface area contributed by atoms with Gasteiger partial charge in [-0.2, -0.15) is 0 Å². The first-order valence-electron chi connectivity index (χ1n) is 9.25. The number of aliphatic hydroxyl groups is 1. The van der Waals surface area contributed by atoms with Crippen molar-refractivity contribution in [2.45, 2.75) is 45.6 Å². The Balaban J connectivity index is 1.63. The highest BCUT2D eigenvalue weighted by Crippen LogP contribution is 2.42. The molecule has 25 heavy (non-hydrogen) atoms. The number of rotatable bonds is 3. The van der Waals surface area contributed by atoms with E-state index in [2.05, 4.69) is 30.9 Å². The topological polar surface area (TPSA) is 45.8 Å². The summed E-state index contributed by atoms with van der Waals surface area (Å²) < 4.78 is 11.5. The van der Waals surface area contributed by atoms with Crippen LogP contribution in [0.25, 0.3) is 0 Å². The molecule has 1 aromatic rings. The van der Waals surface area contributed by atoms with Crippen molar-refractivity contribution in [2.24, 2.45) is 5.92 Å². The number of nitrogens with zero attached hydrogens (tertiary/aromatic N) is 1. The van der Waals surface area contributed by atoms with E-state index in [1.165, 1.54) is 22.5 Å². The Kier molecular flexibility index (Phi) is 4.24. The van der Waals surface area contributed by atoms with Crippen LogP contribution < -0.4 is 0 Å². The van der Waals surface area contributed by atoms with Crippen LogP contribution in [0.2, 0.25) is 0 Å². The van der Waals surface area contributed by atoms with Gasteiger partial charge in [-0.15, -0.1) is 0 Å². The molecule has 1 atom stereocenters. The predicted molar refractivity (Wildman–Crippen MR) is 97.3 cm³/mol. The van der Waals surface area contributed by atoms with Gasteiger partial charge in [0.15, 0.2) is 5.76 Å². The van der Waals surface area contributed by atoms with Crippen LogP contribution in [0.5, 0.6) is 0 Å². The molecule has 0 bridgehead atoms. The number of hydrogen-bond donors (Lipinski definition) is 1. The number of hydrogen-bond acceptors (Lipinski definition) is 4. The van der Waals surface area contributed by atoms with Crippen LogP contribution in [-0.4, -0.2) is 30.2 Å². The lowest BCUT2D eigenvalue weighted by molar-refractivity contribution is 0.174. The van der Waals surface area contributed by atoms with E-state index in [9.17, 15) is 5.11 Å². The monoisotopic (exact) mass is 341 g/mol. The highest BCUT2D eigenvalue weighted by atomic mass is 16.5. The van der Waals surface area contributed by atoms with Gasteiger partial charge in [0.2, 0.25) is 0 Å². The first kappa shape index (κ1) is 16.5. The fourth-order valence-corrected chi connectivity index (χ4v) is 4.30. The third-order valence-electron chi connectivity index (χ3n) is 5.54. The summed E-state index contributed by atoms with van der Waals surface area (Å²) in [4.78, 5) is 2.55. The van der Waals surface area contributed by atoms with Crippen LogP contribution in [0.1, 0.15) is 49.8 Å². The number of ether oxygens (including phenoxy) is 1. The molecule has 2 aliphatic heterocycles. The minimum absolute atomic E-state index is 0.248. The molecule has 0 amide bonds. The van der Waals surface area contributed by atoms with E-state index in [0.29, 0.717) is 24.1 Å². The third kappa shape index (κ3) is 3.04. The standard InChI is InChI=1S/C21H27NO3/c1-13(2)8-16-11-17-18-9-14-4-5-19(23)21(24-3)10-15(14)12-22(18)7-6-20(17)25-16/h4-5,11,13,18,23H,6-10,12H2,1-3H3/t18-/m0/s1. The minimum atomic E-state index is 0.248. The van der Waals surface area contributed by atoms with E-state index in [-0.39, 0.29) is 5.76 Å². The average molecular weight is 341 g/mol. The summed E-state index contributed by atoms with van der Waals surface area (Å²) in [7, 11) is 1.63. The van der Waals surface area contributed by atoms with E-state index in [4.69, 9.17) is 9.15 Å². The fraction of sp³-hybridized carbons (Fsp3) is 0.524. The van der Waals surface area contributed by atoms with Crippen molar-refractivity contribution >= 4 is 0 Å². The second-order valence-corrected chi connectivity index (χ2v) is 7.78. The third-order valence-corrected chi connectivity index (χ3v) is 5.54. The molecule has 4 heteroatoms. The second-order valence-electron chi connectivity index (χ2n) is 7.78. The highest BCUT2D eigenvalue weighted by Gasteiger charge is 2.35. The van der Waals surface area contributed by atoms with Crippen molar-refractivity contribution in [1.29, 1.82) is 0 Å². The van der Waals surface area contributed by atoms with Gasteiger partial charge in [-0.1, -0.05) is 19.9 Å². The van der Waals surface area contributed by atoms with Crippen molar-refractivity contribution in [2.75, 3.05) is 20.2 Å². The van der Waals surface area contributed by atoms with Gasteiger partial charge in [0.1, 0.15) is 17.3 Å². The lowest BCUT2D eigenvalue weighted by Gasteiger charge is -2.40. The van der Waals surface area contributed by atoms with Crippen molar-refractivity contribution in [1.82, 2.24) is 4.90 Å². The molecule has 4 nitrogen and oxygen atoms in total. The molecule has 3 aliphatic rings. The number of aliphatic hydroxyl groups excluding tert-OH is 1. The molecule has 4 rings (SSSR count). The summed E-state index contributed by atoms with van der Waals surface area (Å²) in [5.74, 6) is 3.82. The molecular weight excluding hydrogens is 314 g/mol. The van der Waals surface area contributed by atoms with Crippen molar-refractivity contribution in [3.63, 3.8) is 0 Å². The summed E-state index contributed by atoms with van der Waals surface area (Å²) in [6, 6.07) is 2.68. The molecule has 134 valence electrons. The molecule has 0 aromatic carbocycles. The summed E-state index contributed by atoms with van der Waals surface area (Å²) in [5, 5.41) is 10.1. The molecule has 1 aromatic heterocycles. The van der Waals surface area contributed by atoms with Gasteiger partial charge in [0, 0.05) is 44.0 Å². The van der Waals surface area contributed by atoms with Gasteiger partial charge >= 0.3 is 0 Å². The maximum absolute atomic E-state index is 10.1. The zero-order valence-electron chi connectivity index (χ0n) is 15.3. The van der Waals surface area contributed by atoms with Crippen LogP contribution in [0, 0.1) is 5.92 Å². The van der Waals surface area contributed by atoms with E-state index in [1.807, 2.05) is 0 Å². The lowest BCUT2D eigenvalue weighted by atomic mass is 9.86. The van der Waals surface area contributed by atoms with E-state index in [0.717, 1.165) is 38.1 Å². The highest BCUT2D eigenvalue weighted by molar-refractivity contribution is 5.42. The lowest BCUT2D eigenvalue weighted by Crippen LogP contribution is -2.39. The molecule has 0 fully saturated rings. The minimum Gasteiger partial charge on any atom is -0.504 e. The Hall–Kier alpha value is -1.94. The number of fused-ring (bicyclic) bond motifs is 3. The Morgan fingerprint density at radius 3 is 2.96 bits per heavy atom. The summed E-state index contributed by atoms with van der Waals surface area (Å²) in [6.45, 7) is 6.43. The normalized spacial score (nSPS) is 23.4. The first-order chi connectivity index (χ1) is 12.0. The largest absolute Gasteiger partial charge is 0.504 e. The zero-order chi connectivity index (χ0) is 17.6.